The van der Waals surface area contributed by atoms with Crippen LogP contribution in [0.4, 0.5) is 0 Å². The summed E-state index contributed by atoms with van der Waals surface area (Å²) in [6, 6.07) is 0.493. The minimum Gasteiger partial charge on any atom is -0.291 e. The molecule has 1 aliphatic rings. The summed E-state index contributed by atoms with van der Waals surface area (Å²) in [6.45, 7) is 16.6. The fraction of sp³-hybridized carbons (Fsp3) is 0.955. The molecule has 0 aromatic carbocycles. The smallest absolute Gasteiger partial charge is 0.0501 e. The van der Waals surface area contributed by atoms with Crippen molar-refractivity contribution in [2.45, 2.75) is 106 Å². The van der Waals surface area contributed by atoms with Crippen molar-refractivity contribution in [1.29, 1.82) is 0 Å². The lowest BCUT2D eigenvalue weighted by molar-refractivity contribution is 0.137. The molecule has 1 rings (SSSR count). The molecule has 0 spiro atoms. The van der Waals surface area contributed by atoms with Gasteiger partial charge in [-0.25, -0.2) is 0 Å². The summed E-state index contributed by atoms with van der Waals surface area (Å²) in [4.78, 5) is 5.21. The molecule has 1 aliphatic carbocycles. The Labute approximate surface area is 146 Å². The van der Waals surface area contributed by atoms with Crippen LogP contribution in [0.1, 0.15) is 99.8 Å². The second-order valence-electron chi connectivity index (χ2n) is 8.77. The van der Waals surface area contributed by atoms with Gasteiger partial charge in [-0.1, -0.05) is 66.7 Å². The van der Waals surface area contributed by atoms with Crippen LogP contribution in [0.3, 0.4) is 0 Å². The highest BCUT2D eigenvalue weighted by Crippen LogP contribution is 2.40. The molecule has 0 aromatic heterocycles. The molecule has 0 bridgehead atoms. The van der Waals surface area contributed by atoms with E-state index in [1.165, 1.54) is 57.1 Å². The highest BCUT2D eigenvalue weighted by molar-refractivity contribution is 5.84. The van der Waals surface area contributed by atoms with Gasteiger partial charge in [-0.05, 0) is 62.7 Å². The Balaban J connectivity index is 2.79. The molecule has 0 radical (unpaired) electrons. The van der Waals surface area contributed by atoms with E-state index < -0.39 is 0 Å². The Hall–Kier alpha value is -0.330. The predicted molar refractivity (Wildman–Crippen MR) is 105 cm³/mol. The second kappa shape index (κ2) is 10.5. The molecular weight excluding hydrogens is 278 g/mol. The van der Waals surface area contributed by atoms with Crippen molar-refractivity contribution in [3.05, 3.63) is 0 Å². The van der Waals surface area contributed by atoms with Gasteiger partial charge in [0.1, 0.15) is 0 Å². The van der Waals surface area contributed by atoms with E-state index in [0.717, 1.165) is 23.7 Å². The third-order valence-electron chi connectivity index (χ3n) is 6.20. The molecule has 0 aromatic rings. The highest BCUT2D eigenvalue weighted by atomic mass is 14.8. The summed E-state index contributed by atoms with van der Waals surface area (Å²) in [5, 5.41) is 0. The summed E-state index contributed by atoms with van der Waals surface area (Å²) in [7, 11) is 0. The SMILES string of the molecule is CCCCC(C)/C(C)=N/C(C)C(CC(C)C)C1CCCCC1C. The molecule has 0 heterocycles. The first-order chi connectivity index (χ1) is 10.9. The number of hydrogen-bond donors (Lipinski definition) is 0. The van der Waals surface area contributed by atoms with Crippen LogP contribution in [-0.2, 0) is 0 Å². The Kier molecular flexibility index (Phi) is 9.47. The van der Waals surface area contributed by atoms with Crippen LogP contribution in [-0.4, -0.2) is 11.8 Å². The zero-order valence-electron chi connectivity index (χ0n) is 17.1. The Morgan fingerprint density at radius 1 is 1.09 bits per heavy atom. The quantitative estimate of drug-likeness (QED) is 0.400. The fourth-order valence-corrected chi connectivity index (χ4v) is 4.52. The molecule has 5 atom stereocenters. The van der Waals surface area contributed by atoms with Gasteiger partial charge < -0.3 is 0 Å². The Bertz CT molecular complexity index is 344. The molecule has 1 nitrogen and oxygen atoms in total. The second-order valence-corrected chi connectivity index (χ2v) is 8.77. The minimum atomic E-state index is 0.493. The van der Waals surface area contributed by atoms with Crippen LogP contribution in [0.5, 0.6) is 0 Å². The molecule has 23 heavy (non-hydrogen) atoms. The maximum absolute atomic E-state index is 5.21. The van der Waals surface area contributed by atoms with Crippen molar-refractivity contribution < 1.29 is 0 Å². The first-order valence-electron chi connectivity index (χ1n) is 10.4. The lowest BCUT2D eigenvalue weighted by Crippen LogP contribution is -2.33. The van der Waals surface area contributed by atoms with Crippen LogP contribution in [0, 0.1) is 29.6 Å². The maximum atomic E-state index is 5.21. The third-order valence-corrected chi connectivity index (χ3v) is 6.20. The summed E-state index contributed by atoms with van der Waals surface area (Å²) < 4.78 is 0. The molecule has 136 valence electrons. The maximum Gasteiger partial charge on any atom is 0.0501 e. The van der Waals surface area contributed by atoms with E-state index in [1.54, 1.807) is 0 Å². The van der Waals surface area contributed by atoms with E-state index in [-0.39, 0.29) is 0 Å². The van der Waals surface area contributed by atoms with Gasteiger partial charge in [-0.3, -0.25) is 4.99 Å². The molecule has 5 unspecified atom stereocenters. The number of hydrogen-bond acceptors (Lipinski definition) is 1. The number of rotatable bonds is 9. The van der Waals surface area contributed by atoms with Gasteiger partial charge in [0.05, 0.1) is 6.04 Å². The average molecular weight is 322 g/mol. The molecule has 1 heteroatoms. The first-order valence-corrected chi connectivity index (χ1v) is 10.4. The predicted octanol–water partition coefficient (Wildman–Crippen LogP) is 7.15. The van der Waals surface area contributed by atoms with Gasteiger partial charge in [0, 0.05) is 5.71 Å². The highest BCUT2D eigenvalue weighted by Gasteiger charge is 2.33. The van der Waals surface area contributed by atoms with Crippen molar-refractivity contribution in [2.75, 3.05) is 0 Å². The van der Waals surface area contributed by atoms with Gasteiger partial charge in [0.2, 0.25) is 0 Å². The Morgan fingerprint density at radius 3 is 2.30 bits per heavy atom. The van der Waals surface area contributed by atoms with E-state index in [4.69, 9.17) is 4.99 Å². The summed E-state index contributed by atoms with van der Waals surface area (Å²) in [6.07, 6.45) is 11.0. The monoisotopic (exact) mass is 321 g/mol. The van der Waals surface area contributed by atoms with Crippen LogP contribution in [0.2, 0.25) is 0 Å². The lowest BCUT2D eigenvalue weighted by atomic mass is 9.69. The van der Waals surface area contributed by atoms with Gasteiger partial charge >= 0.3 is 0 Å². The molecule has 0 amide bonds. The lowest BCUT2D eigenvalue weighted by Gasteiger charge is -2.38. The van der Waals surface area contributed by atoms with Gasteiger partial charge in [0.15, 0.2) is 0 Å². The van der Waals surface area contributed by atoms with Crippen LogP contribution in [0.15, 0.2) is 4.99 Å². The van der Waals surface area contributed by atoms with Crippen LogP contribution >= 0.6 is 0 Å². The van der Waals surface area contributed by atoms with Crippen molar-refractivity contribution in [1.82, 2.24) is 0 Å². The number of nitrogens with zero attached hydrogens (tertiary/aromatic N) is 1. The molecule has 0 N–H and O–H groups in total. The van der Waals surface area contributed by atoms with E-state index in [9.17, 15) is 0 Å². The zero-order chi connectivity index (χ0) is 17.4. The van der Waals surface area contributed by atoms with Crippen molar-refractivity contribution in [2.24, 2.45) is 34.6 Å². The molecular formula is C22H43N. The zero-order valence-corrected chi connectivity index (χ0v) is 17.1. The summed E-state index contributed by atoms with van der Waals surface area (Å²) in [5.41, 5.74) is 1.39. The summed E-state index contributed by atoms with van der Waals surface area (Å²) >= 11 is 0. The van der Waals surface area contributed by atoms with E-state index >= 15 is 0 Å². The minimum absolute atomic E-state index is 0.493. The van der Waals surface area contributed by atoms with E-state index in [2.05, 4.69) is 48.5 Å². The Morgan fingerprint density at radius 2 is 1.74 bits per heavy atom. The van der Waals surface area contributed by atoms with Crippen molar-refractivity contribution in [3.63, 3.8) is 0 Å². The fourth-order valence-electron chi connectivity index (χ4n) is 4.52. The topological polar surface area (TPSA) is 12.4 Å². The largest absolute Gasteiger partial charge is 0.291 e. The molecule has 0 aliphatic heterocycles. The first kappa shape index (κ1) is 20.7. The normalized spacial score (nSPS) is 27.0. The average Bonchev–Trinajstić information content (AvgIpc) is 2.50. The van der Waals surface area contributed by atoms with Crippen LogP contribution in [0.25, 0.3) is 0 Å². The molecule has 1 fully saturated rings. The number of unbranched alkanes of at least 4 members (excludes halogenated alkanes) is 1. The van der Waals surface area contributed by atoms with Crippen LogP contribution < -0.4 is 0 Å². The molecule has 1 saturated carbocycles. The number of aliphatic imine (C=N–C) groups is 1. The van der Waals surface area contributed by atoms with E-state index in [1.807, 2.05) is 0 Å². The van der Waals surface area contributed by atoms with Gasteiger partial charge in [-0.15, -0.1) is 0 Å². The van der Waals surface area contributed by atoms with Crippen molar-refractivity contribution in [3.8, 4) is 0 Å². The van der Waals surface area contributed by atoms with E-state index in [0.29, 0.717) is 12.0 Å². The molecule has 0 saturated heterocycles. The summed E-state index contributed by atoms with van der Waals surface area (Å²) in [5.74, 6) is 4.00. The standard InChI is InChI=1S/C22H43N/c1-8-9-12-17(4)19(6)23-20(7)22(15-16(2)3)21-14-11-10-13-18(21)5/h16-18,20-22H,8-15H2,1-7H3/b23-19+. The van der Waals surface area contributed by atoms with Gasteiger partial charge in [-0.2, -0.15) is 0 Å². The van der Waals surface area contributed by atoms with Gasteiger partial charge in [0.25, 0.3) is 0 Å². The van der Waals surface area contributed by atoms with Crippen molar-refractivity contribution >= 4 is 5.71 Å². The third kappa shape index (κ3) is 6.98.